The van der Waals surface area contributed by atoms with Crippen molar-refractivity contribution in [2.45, 2.75) is 13.0 Å². The van der Waals surface area contributed by atoms with Gasteiger partial charge in [-0.25, -0.2) is 0 Å². The molecule has 16 heavy (non-hydrogen) atoms. The minimum Gasteiger partial charge on any atom is -0.366 e. The van der Waals surface area contributed by atoms with Gasteiger partial charge in [0.15, 0.2) is 0 Å². The molecule has 0 aliphatic carbocycles. The van der Waals surface area contributed by atoms with Crippen LogP contribution < -0.4 is 10.2 Å². The lowest BCUT2D eigenvalue weighted by molar-refractivity contribution is 0.501. The van der Waals surface area contributed by atoms with Crippen molar-refractivity contribution >= 4 is 27.1 Å². The molecule has 2 heterocycles. The number of nitrogens with zero attached hydrogens (tertiary/aromatic N) is 1. The Bertz CT molecular complexity index is 491. The van der Waals surface area contributed by atoms with Gasteiger partial charge in [0, 0.05) is 36.1 Å². The number of anilines is 1. The van der Waals surface area contributed by atoms with Gasteiger partial charge in [-0.1, -0.05) is 0 Å². The molecule has 1 aliphatic rings. The third-order valence-corrected chi connectivity index (χ3v) is 4.17. The van der Waals surface area contributed by atoms with Crippen molar-refractivity contribution in [1.29, 1.82) is 0 Å². The van der Waals surface area contributed by atoms with Gasteiger partial charge in [0.05, 0.1) is 0 Å². The topological polar surface area (TPSA) is 15.3 Å². The number of piperazine rings is 1. The summed E-state index contributed by atoms with van der Waals surface area (Å²) in [5.41, 5.74) is 1.36. The van der Waals surface area contributed by atoms with Gasteiger partial charge in [0.2, 0.25) is 0 Å². The van der Waals surface area contributed by atoms with Gasteiger partial charge in [-0.2, -0.15) is 0 Å². The standard InChI is InChI=1S/C13H16N2S/c1-10-9-14-5-6-15(10)12-2-3-13-11(8-12)4-7-16-13/h2-4,7-8,10,14H,5-6,9H2,1H3. The average Bonchev–Trinajstić information content (AvgIpc) is 2.76. The molecule has 1 aromatic carbocycles. The van der Waals surface area contributed by atoms with Gasteiger partial charge >= 0.3 is 0 Å². The van der Waals surface area contributed by atoms with Crippen LogP contribution in [0.2, 0.25) is 0 Å². The molecule has 1 unspecified atom stereocenters. The fourth-order valence-corrected chi connectivity index (χ4v) is 3.13. The van der Waals surface area contributed by atoms with Gasteiger partial charge in [0.1, 0.15) is 0 Å². The third-order valence-electron chi connectivity index (χ3n) is 3.27. The Morgan fingerprint density at radius 2 is 2.31 bits per heavy atom. The highest BCUT2D eigenvalue weighted by Gasteiger charge is 2.18. The van der Waals surface area contributed by atoms with Crippen molar-refractivity contribution in [1.82, 2.24) is 5.32 Å². The zero-order valence-electron chi connectivity index (χ0n) is 9.44. The van der Waals surface area contributed by atoms with Crippen molar-refractivity contribution < 1.29 is 0 Å². The largest absolute Gasteiger partial charge is 0.366 e. The number of rotatable bonds is 1. The van der Waals surface area contributed by atoms with Crippen LogP contribution in [-0.4, -0.2) is 25.7 Å². The van der Waals surface area contributed by atoms with Gasteiger partial charge in [0.25, 0.3) is 0 Å². The maximum atomic E-state index is 3.43. The lowest BCUT2D eigenvalue weighted by atomic mass is 10.1. The molecule has 1 saturated heterocycles. The summed E-state index contributed by atoms with van der Waals surface area (Å²) in [5, 5.41) is 6.96. The molecular weight excluding hydrogens is 216 g/mol. The molecule has 84 valence electrons. The zero-order chi connectivity index (χ0) is 11.0. The van der Waals surface area contributed by atoms with Crippen molar-refractivity contribution in [2.24, 2.45) is 0 Å². The summed E-state index contributed by atoms with van der Waals surface area (Å²) in [6.07, 6.45) is 0. The van der Waals surface area contributed by atoms with E-state index in [1.807, 2.05) is 11.3 Å². The summed E-state index contributed by atoms with van der Waals surface area (Å²) in [4.78, 5) is 2.49. The van der Waals surface area contributed by atoms with E-state index in [4.69, 9.17) is 0 Å². The second kappa shape index (κ2) is 4.07. The Morgan fingerprint density at radius 3 is 3.19 bits per heavy atom. The molecule has 0 saturated carbocycles. The highest BCUT2D eigenvalue weighted by molar-refractivity contribution is 7.17. The summed E-state index contributed by atoms with van der Waals surface area (Å²) in [7, 11) is 0. The molecule has 2 nitrogen and oxygen atoms in total. The monoisotopic (exact) mass is 232 g/mol. The first-order chi connectivity index (χ1) is 7.84. The van der Waals surface area contributed by atoms with Crippen LogP contribution in [0.5, 0.6) is 0 Å². The molecule has 0 amide bonds. The van der Waals surface area contributed by atoms with E-state index in [0.29, 0.717) is 6.04 Å². The van der Waals surface area contributed by atoms with E-state index in [1.54, 1.807) is 0 Å². The molecular formula is C13H16N2S. The normalized spacial score (nSPS) is 21.6. The van der Waals surface area contributed by atoms with Crippen molar-refractivity contribution in [3.63, 3.8) is 0 Å². The van der Waals surface area contributed by atoms with E-state index >= 15 is 0 Å². The fourth-order valence-electron chi connectivity index (χ4n) is 2.36. The number of hydrogen-bond acceptors (Lipinski definition) is 3. The fraction of sp³-hybridized carbons (Fsp3) is 0.385. The minimum absolute atomic E-state index is 0.588. The lowest BCUT2D eigenvalue weighted by Crippen LogP contribution is -2.49. The first-order valence-electron chi connectivity index (χ1n) is 5.79. The smallest absolute Gasteiger partial charge is 0.0386 e. The van der Waals surface area contributed by atoms with Crippen molar-refractivity contribution in [3.8, 4) is 0 Å². The van der Waals surface area contributed by atoms with E-state index in [2.05, 4.69) is 46.8 Å². The molecule has 3 heteroatoms. The highest BCUT2D eigenvalue weighted by atomic mass is 32.1. The van der Waals surface area contributed by atoms with Gasteiger partial charge < -0.3 is 10.2 Å². The molecule has 3 rings (SSSR count). The van der Waals surface area contributed by atoms with Gasteiger partial charge in [-0.3, -0.25) is 0 Å². The number of hydrogen-bond donors (Lipinski definition) is 1. The Morgan fingerprint density at radius 1 is 1.38 bits per heavy atom. The minimum atomic E-state index is 0.588. The maximum absolute atomic E-state index is 3.43. The van der Waals surface area contributed by atoms with Crippen LogP contribution in [0.3, 0.4) is 0 Å². The molecule has 1 atom stereocenters. The number of thiophene rings is 1. The van der Waals surface area contributed by atoms with Gasteiger partial charge in [-0.15, -0.1) is 11.3 Å². The molecule has 2 aromatic rings. The Balaban J connectivity index is 1.97. The quantitative estimate of drug-likeness (QED) is 0.813. The molecule has 1 N–H and O–H groups in total. The molecule has 1 aliphatic heterocycles. The first kappa shape index (κ1) is 10.1. The lowest BCUT2D eigenvalue weighted by Gasteiger charge is -2.36. The Labute approximate surface area is 99.9 Å². The molecule has 1 fully saturated rings. The van der Waals surface area contributed by atoms with E-state index < -0.39 is 0 Å². The van der Waals surface area contributed by atoms with Crippen LogP contribution in [0.1, 0.15) is 6.92 Å². The van der Waals surface area contributed by atoms with E-state index in [-0.39, 0.29) is 0 Å². The number of benzene rings is 1. The summed E-state index contributed by atoms with van der Waals surface area (Å²) in [6.45, 7) is 5.56. The van der Waals surface area contributed by atoms with Crippen LogP contribution in [-0.2, 0) is 0 Å². The molecule has 0 spiro atoms. The van der Waals surface area contributed by atoms with Gasteiger partial charge in [-0.05, 0) is 42.0 Å². The van der Waals surface area contributed by atoms with Crippen LogP contribution in [0.4, 0.5) is 5.69 Å². The maximum Gasteiger partial charge on any atom is 0.0386 e. The number of nitrogens with one attached hydrogen (secondary N) is 1. The van der Waals surface area contributed by atoms with Crippen LogP contribution >= 0.6 is 11.3 Å². The van der Waals surface area contributed by atoms with E-state index in [0.717, 1.165) is 19.6 Å². The predicted octanol–water partition coefficient (Wildman–Crippen LogP) is 2.70. The van der Waals surface area contributed by atoms with Crippen LogP contribution in [0.25, 0.3) is 10.1 Å². The second-order valence-electron chi connectivity index (χ2n) is 4.39. The zero-order valence-corrected chi connectivity index (χ0v) is 10.3. The van der Waals surface area contributed by atoms with Crippen LogP contribution in [0.15, 0.2) is 29.6 Å². The Kier molecular flexibility index (Phi) is 2.58. The Hall–Kier alpha value is -1.06. The summed E-state index contributed by atoms with van der Waals surface area (Å²) < 4.78 is 1.38. The van der Waals surface area contributed by atoms with E-state index in [9.17, 15) is 0 Å². The highest BCUT2D eigenvalue weighted by Crippen LogP contribution is 2.27. The summed E-state index contributed by atoms with van der Waals surface area (Å²) in [6, 6.07) is 9.60. The van der Waals surface area contributed by atoms with Crippen molar-refractivity contribution in [3.05, 3.63) is 29.6 Å². The van der Waals surface area contributed by atoms with Crippen molar-refractivity contribution in [2.75, 3.05) is 24.5 Å². The van der Waals surface area contributed by atoms with Crippen LogP contribution in [0, 0.1) is 0 Å². The number of fused-ring (bicyclic) bond motifs is 1. The average molecular weight is 232 g/mol. The molecule has 0 radical (unpaired) electrons. The molecule has 0 bridgehead atoms. The summed E-state index contributed by atoms with van der Waals surface area (Å²) >= 11 is 1.81. The third kappa shape index (κ3) is 1.70. The second-order valence-corrected chi connectivity index (χ2v) is 5.34. The molecule has 1 aromatic heterocycles. The van der Waals surface area contributed by atoms with E-state index in [1.165, 1.54) is 15.8 Å². The predicted molar refractivity (Wildman–Crippen MR) is 71.5 cm³/mol. The SMILES string of the molecule is CC1CNCCN1c1ccc2sccc2c1. The first-order valence-corrected chi connectivity index (χ1v) is 6.67. The summed E-state index contributed by atoms with van der Waals surface area (Å²) in [5.74, 6) is 0.